The Hall–Kier alpha value is -2.04. The van der Waals surface area contributed by atoms with Crippen LogP contribution in [0, 0.1) is 11.8 Å². The molecule has 5 heteroatoms. The van der Waals surface area contributed by atoms with Crippen LogP contribution in [0.15, 0.2) is 28.8 Å². The first-order valence-corrected chi connectivity index (χ1v) is 7.49. The second-order valence-electron chi connectivity index (χ2n) is 6.14. The van der Waals surface area contributed by atoms with Gasteiger partial charge in [0.05, 0.1) is 6.54 Å². The van der Waals surface area contributed by atoms with Gasteiger partial charge in [-0.05, 0) is 30.4 Å². The number of likely N-dealkylation sites (tertiary alicyclic amines) is 1. The van der Waals surface area contributed by atoms with Gasteiger partial charge in [-0.25, -0.2) is 4.79 Å². The van der Waals surface area contributed by atoms with Crippen molar-refractivity contribution in [2.24, 2.45) is 11.8 Å². The number of carbonyl (C=O) groups excluding carboxylic acids is 1. The maximum Gasteiger partial charge on any atom is 0.317 e. The number of para-hydroxylation sites is 1. The van der Waals surface area contributed by atoms with Crippen molar-refractivity contribution in [3.05, 3.63) is 30.0 Å². The topological polar surface area (TPSA) is 58.4 Å². The molecule has 2 heterocycles. The SMILES string of the molecule is C[C@@H]1C[C@@H](C)CN(C(=O)NCc2noc3ccccc23)C1. The zero-order chi connectivity index (χ0) is 14.8. The number of fused-ring (bicyclic) bond motifs is 1. The minimum Gasteiger partial charge on any atom is -0.356 e. The third-order valence-corrected chi connectivity index (χ3v) is 4.02. The Bertz CT molecular complexity index is 627. The Morgan fingerprint density at radius 1 is 1.33 bits per heavy atom. The summed E-state index contributed by atoms with van der Waals surface area (Å²) in [6, 6.07) is 7.67. The van der Waals surface area contributed by atoms with Crippen molar-refractivity contribution in [2.45, 2.75) is 26.8 Å². The Balaban J connectivity index is 1.63. The van der Waals surface area contributed by atoms with Crippen LogP contribution in [0.4, 0.5) is 4.79 Å². The number of nitrogens with one attached hydrogen (secondary N) is 1. The molecule has 0 bridgehead atoms. The third-order valence-electron chi connectivity index (χ3n) is 4.02. The summed E-state index contributed by atoms with van der Waals surface area (Å²) in [6.45, 7) is 6.45. The van der Waals surface area contributed by atoms with Gasteiger partial charge in [0.2, 0.25) is 0 Å². The number of hydrogen-bond donors (Lipinski definition) is 1. The Morgan fingerprint density at radius 3 is 2.81 bits per heavy atom. The highest BCUT2D eigenvalue weighted by Gasteiger charge is 2.25. The molecule has 1 saturated heterocycles. The smallest absolute Gasteiger partial charge is 0.317 e. The van der Waals surface area contributed by atoms with Crippen LogP contribution in [0.2, 0.25) is 0 Å². The summed E-state index contributed by atoms with van der Waals surface area (Å²) < 4.78 is 5.25. The second-order valence-corrected chi connectivity index (χ2v) is 6.14. The zero-order valence-electron chi connectivity index (χ0n) is 12.5. The first kappa shape index (κ1) is 13.9. The number of amides is 2. The lowest BCUT2D eigenvalue weighted by molar-refractivity contribution is 0.145. The van der Waals surface area contributed by atoms with Gasteiger partial charge >= 0.3 is 6.03 Å². The molecule has 112 valence electrons. The average molecular weight is 287 g/mol. The van der Waals surface area contributed by atoms with Crippen LogP contribution in [-0.2, 0) is 6.54 Å². The summed E-state index contributed by atoms with van der Waals surface area (Å²) in [5, 5.41) is 7.94. The van der Waals surface area contributed by atoms with E-state index in [1.165, 1.54) is 6.42 Å². The summed E-state index contributed by atoms with van der Waals surface area (Å²) in [5.41, 5.74) is 1.53. The van der Waals surface area contributed by atoms with E-state index in [1.54, 1.807) is 0 Å². The lowest BCUT2D eigenvalue weighted by atomic mass is 9.92. The van der Waals surface area contributed by atoms with Gasteiger partial charge in [0.1, 0.15) is 5.69 Å². The standard InChI is InChI=1S/C16H21N3O2/c1-11-7-12(2)10-19(9-11)16(20)17-8-14-13-5-3-4-6-15(13)21-18-14/h3-6,11-12H,7-10H2,1-2H3,(H,17,20)/t11-,12-/m1/s1. The van der Waals surface area contributed by atoms with E-state index < -0.39 is 0 Å². The lowest BCUT2D eigenvalue weighted by Crippen LogP contribution is -2.47. The summed E-state index contributed by atoms with van der Waals surface area (Å²) in [4.78, 5) is 14.2. The fraction of sp³-hybridized carbons (Fsp3) is 0.500. The molecule has 2 atom stereocenters. The molecule has 0 spiro atoms. The molecule has 1 aromatic heterocycles. The highest BCUT2D eigenvalue weighted by Crippen LogP contribution is 2.21. The number of rotatable bonds is 2. The first-order chi connectivity index (χ1) is 10.1. The minimum absolute atomic E-state index is 0.0134. The van der Waals surface area contributed by atoms with Gasteiger partial charge in [0, 0.05) is 18.5 Å². The molecule has 0 saturated carbocycles. The van der Waals surface area contributed by atoms with Gasteiger partial charge in [0.25, 0.3) is 0 Å². The molecule has 1 fully saturated rings. The summed E-state index contributed by atoms with van der Waals surface area (Å²) in [7, 11) is 0. The molecule has 1 aliphatic heterocycles. The third kappa shape index (κ3) is 3.01. The van der Waals surface area contributed by atoms with Crippen LogP contribution in [0.1, 0.15) is 26.0 Å². The maximum absolute atomic E-state index is 12.3. The van der Waals surface area contributed by atoms with Crippen molar-refractivity contribution in [3.63, 3.8) is 0 Å². The van der Waals surface area contributed by atoms with E-state index >= 15 is 0 Å². The summed E-state index contributed by atoms with van der Waals surface area (Å²) in [5.74, 6) is 1.12. The van der Waals surface area contributed by atoms with Gasteiger partial charge in [-0.1, -0.05) is 31.1 Å². The summed E-state index contributed by atoms with van der Waals surface area (Å²) >= 11 is 0. The van der Waals surface area contributed by atoms with Gasteiger partial charge < -0.3 is 14.7 Å². The van der Waals surface area contributed by atoms with E-state index in [0.717, 1.165) is 29.8 Å². The minimum atomic E-state index is -0.0134. The number of benzene rings is 1. The summed E-state index contributed by atoms with van der Waals surface area (Å²) in [6.07, 6.45) is 1.19. The predicted octanol–water partition coefficient (Wildman–Crippen LogP) is 3.02. The molecule has 0 radical (unpaired) electrons. The molecule has 1 aromatic carbocycles. The molecule has 5 nitrogen and oxygen atoms in total. The molecular weight excluding hydrogens is 266 g/mol. The van der Waals surface area contributed by atoms with Crippen LogP contribution in [-0.4, -0.2) is 29.2 Å². The molecule has 0 unspecified atom stereocenters. The predicted molar refractivity (Wildman–Crippen MR) is 80.8 cm³/mol. The maximum atomic E-state index is 12.3. The van der Waals surface area contributed by atoms with Crippen LogP contribution >= 0.6 is 0 Å². The highest BCUT2D eigenvalue weighted by molar-refractivity contribution is 5.80. The van der Waals surface area contributed by atoms with Gasteiger partial charge in [-0.15, -0.1) is 0 Å². The fourth-order valence-corrected chi connectivity index (χ4v) is 3.17. The molecule has 1 N–H and O–H groups in total. The normalized spacial score (nSPS) is 22.5. The van der Waals surface area contributed by atoms with E-state index in [-0.39, 0.29) is 6.03 Å². The van der Waals surface area contributed by atoms with Crippen molar-refractivity contribution in [1.82, 2.24) is 15.4 Å². The Kier molecular flexibility index (Phi) is 3.82. The van der Waals surface area contributed by atoms with Crippen LogP contribution in [0.25, 0.3) is 11.0 Å². The van der Waals surface area contributed by atoms with Crippen molar-refractivity contribution < 1.29 is 9.32 Å². The number of urea groups is 1. The van der Waals surface area contributed by atoms with Crippen molar-refractivity contribution >= 4 is 17.0 Å². The number of piperidine rings is 1. The number of hydrogen-bond acceptors (Lipinski definition) is 3. The van der Waals surface area contributed by atoms with E-state index in [1.807, 2.05) is 29.2 Å². The molecule has 3 rings (SSSR count). The lowest BCUT2D eigenvalue weighted by Gasteiger charge is -2.34. The van der Waals surface area contributed by atoms with Gasteiger partial charge in [0.15, 0.2) is 5.58 Å². The largest absolute Gasteiger partial charge is 0.356 e. The average Bonchev–Trinajstić information content (AvgIpc) is 2.87. The fourth-order valence-electron chi connectivity index (χ4n) is 3.17. The van der Waals surface area contributed by atoms with E-state index in [9.17, 15) is 4.79 Å². The van der Waals surface area contributed by atoms with Crippen molar-refractivity contribution in [1.29, 1.82) is 0 Å². The molecule has 0 aliphatic carbocycles. The van der Waals surface area contributed by atoms with Crippen LogP contribution in [0.5, 0.6) is 0 Å². The van der Waals surface area contributed by atoms with E-state index in [2.05, 4.69) is 24.3 Å². The molecule has 1 aliphatic rings. The van der Waals surface area contributed by atoms with Crippen molar-refractivity contribution in [2.75, 3.05) is 13.1 Å². The van der Waals surface area contributed by atoms with E-state index in [4.69, 9.17) is 4.52 Å². The van der Waals surface area contributed by atoms with Crippen LogP contribution in [0.3, 0.4) is 0 Å². The second kappa shape index (κ2) is 5.76. The quantitative estimate of drug-likeness (QED) is 0.923. The van der Waals surface area contributed by atoms with Crippen LogP contribution < -0.4 is 5.32 Å². The monoisotopic (exact) mass is 287 g/mol. The molecule has 2 aromatic rings. The number of carbonyl (C=O) groups is 1. The van der Waals surface area contributed by atoms with E-state index in [0.29, 0.717) is 18.4 Å². The first-order valence-electron chi connectivity index (χ1n) is 7.49. The highest BCUT2D eigenvalue weighted by atomic mass is 16.5. The number of aromatic nitrogens is 1. The molecular formula is C16H21N3O2. The van der Waals surface area contributed by atoms with Gasteiger partial charge in [-0.3, -0.25) is 0 Å². The van der Waals surface area contributed by atoms with Gasteiger partial charge in [-0.2, -0.15) is 0 Å². The van der Waals surface area contributed by atoms with Crippen molar-refractivity contribution in [3.8, 4) is 0 Å². The molecule has 2 amide bonds. The molecule has 21 heavy (non-hydrogen) atoms. The Morgan fingerprint density at radius 2 is 2.05 bits per heavy atom. The number of nitrogens with zero attached hydrogens (tertiary/aromatic N) is 2. The Labute approximate surface area is 124 Å². The zero-order valence-corrected chi connectivity index (χ0v) is 12.5.